The third-order valence-corrected chi connectivity index (χ3v) is 6.87. The number of ether oxygens (including phenoxy) is 1. The number of hydrogen-bond acceptors (Lipinski definition) is 8. The van der Waals surface area contributed by atoms with Crippen molar-refractivity contribution < 1.29 is 9.13 Å². The van der Waals surface area contributed by atoms with Crippen LogP contribution in [-0.4, -0.2) is 39.1 Å². The van der Waals surface area contributed by atoms with Crippen molar-refractivity contribution in [3.05, 3.63) is 90.2 Å². The minimum atomic E-state index is -0.365. The van der Waals surface area contributed by atoms with Crippen LogP contribution in [0.25, 0.3) is 11.1 Å². The van der Waals surface area contributed by atoms with Gasteiger partial charge >= 0.3 is 0 Å². The molecular weight excluding hydrogens is 493 g/mol. The lowest BCUT2D eigenvalue weighted by Crippen LogP contribution is -2.42. The zero-order valence-electron chi connectivity index (χ0n) is 22.0. The molecule has 5 rings (SSSR count). The van der Waals surface area contributed by atoms with Gasteiger partial charge in [-0.3, -0.25) is 0 Å². The summed E-state index contributed by atoms with van der Waals surface area (Å²) in [5.41, 5.74) is 3.96. The summed E-state index contributed by atoms with van der Waals surface area (Å²) in [4.78, 5) is 19.6. The minimum Gasteiger partial charge on any atom is -0.451 e. The Morgan fingerprint density at radius 2 is 1.74 bits per heavy atom. The second-order valence-corrected chi connectivity index (χ2v) is 9.88. The SMILES string of the molecule is CC(C)c1ncncc1-c1cc(F)ccc1Oc1cncnc1N1CCC(NCc2ccc(C#N)cc2)CC1. The van der Waals surface area contributed by atoms with Crippen molar-refractivity contribution in [2.24, 2.45) is 0 Å². The second kappa shape index (κ2) is 12.0. The van der Waals surface area contributed by atoms with E-state index in [1.54, 1.807) is 18.5 Å². The molecule has 4 aromatic rings. The van der Waals surface area contributed by atoms with Gasteiger partial charge in [-0.1, -0.05) is 26.0 Å². The number of nitriles is 1. The van der Waals surface area contributed by atoms with Crippen LogP contribution in [0.5, 0.6) is 11.5 Å². The van der Waals surface area contributed by atoms with Gasteiger partial charge in [0.05, 0.1) is 23.5 Å². The first-order chi connectivity index (χ1) is 19.0. The van der Waals surface area contributed by atoms with E-state index in [-0.39, 0.29) is 11.7 Å². The summed E-state index contributed by atoms with van der Waals surface area (Å²) in [6.07, 6.45) is 8.26. The van der Waals surface area contributed by atoms with Gasteiger partial charge in [0.1, 0.15) is 24.2 Å². The molecule has 1 fully saturated rings. The third kappa shape index (κ3) is 6.19. The monoisotopic (exact) mass is 523 g/mol. The first-order valence-corrected chi connectivity index (χ1v) is 13.1. The highest BCUT2D eigenvalue weighted by molar-refractivity contribution is 5.73. The molecule has 198 valence electrons. The van der Waals surface area contributed by atoms with E-state index in [0.29, 0.717) is 34.5 Å². The number of piperidine rings is 1. The Morgan fingerprint density at radius 1 is 1.00 bits per heavy atom. The van der Waals surface area contributed by atoms with E-state index < -0.39 is 0 Å². The van der Waals surface area contributed by atoms with Crippen LogP contribution in [0.2, 0.25) is 0 Å². The maximum Gasteiger partial charge on any atom is 0.188 e. The quantitative estimate of drug-likeness (QED) is 0.318. The molecule has 39 heavy (non-hydrogen) atoms. The smallest absolute Gasteiger partial charge is 0.188 e. The second-order valence-electron chi connectivity index (χ2n) is 9.88. The van der Waals surface area contributed by atoms with E-state index in [4.69, 9.17) is 10.00 Å². The molecule has 2 aromatic heterocycles. The summed E-state index contributed by atoms with van der Waals surface area (Å²) in [7, 11) is 0. The zero-order chi connectivity index (χ0) is 27.2. The van der Waals surface area contributed by atoms with Gasteiger partial charge < -0.3 is 15.0 Å². The lowest BCUT2D eigenvalue weighted by molar-refractivity contribution is 0.407. The average Bonchev–Trinajstić information content (AvgIpc) is 2.98. The normalized spacial score (nSPS) is 13.9. The van der Waals surface area contributed by atoms with Crippen molar-refractivity contribution in [3.63, 3.8) is 0 Å². The molecule has 0 amide bonds. The average molecular weight is 524 g/mol. The van der Waals surface area contributed by atoms with Crippen LogP contribution >= 0.6 is 0 Å². The van der Waals surface area contributed by atoms with E-state index in [2.05, 4.69) is 36.2 Å². The van der Waals surface area contributed by atoms with Crippen molar-refractivity contribution in [2.75, 3.05) is 18.0 Å². The van der Waals surface area contributed by atoms with Crippen LogP contribution in [0.1, 0.15) is 49.4 Å². The number of hydrogen-bond donors (Lipinski definition) is 1. The Labute approximate surface area is 227 Å². The first-order valence-electron chi connectivity index (χ1n) is 13.1. The summed E-state index contributed by atoms with van der Waals surface area (Å²) in [6, 6.07) is 14.6. The maximum absolute atomic E-state index is 14.4. The van der Waals surface area contributed by atoms with E-state index in [0.717, 1.165) is 49.3 Å². The molecule has 0 radical (unpaired) electrons. The molecule has 0 bridgehead atoms. The number of nitrogens with zero attached hydrogens (tertiary/aromatic N) is 6. The number of nitrogens with one attached hydrogen (secondary N) is 1. The molecule has 2 aromatic carbocycles. The topological polar surface area (TPSA) is 99.8 Å². The molecule has 1 aliphatic heterocycles. The number of rotatable bonds is 8. The number of aromatic nitrogens is 4. The van der Waals surface area contributed by atoms with Gasteiger partial charge in [0.25, 0.3) is 0 Å². The fourth-order valence-corrected chi connectivity index (χ4v) is 4.80. The molecular formula is C30H30FN7O. The summed E-state index contributed by atoms with van der Waals surface area (Å²) in [5, 5.41) is 12.6. The van der Waals surface area contributed by atoms with Crippen LogP contribution in [0.15, 0.2) is 67.5 Å². The van der Waals surface area contributed by atoms with Crippen LogP contribution in [0, 0.1) is 17.1 Å². The Morgan fingerprint density at radius 3 is 2.49 bits per heavy atom. The van der Waals surface area contributed by atoms with E-state index in [1.807, 2.05) is 38.1 Å². The molecule has 0 unspecified atom stereocenters. The van der Waals surface area contributed by atoms with Crippen molar-refractivity contribution in [2.45, 2.75) is 45.2 Å². The van der Waals surface area contributed by atoms with Gasteiger partial charge in [0, 0.05) is 43.0 Å². The van der Waals surface area contributed by atoms with Gasteiger partial charge in [-0.2, -0.15) is 5.26 Å². The van der Waals surface area contributed by atoms with Gasteiger partial charge in [-0.15, -0.1) is 0 Å². The molecule has 0 saturated carbocycles. The van der Waals surface area contributed by atoms with Crippen LogP contribution in [-0.2, 0) is 6.54 Å². The Bertz CT molecular complexity index is 1460. The van der Waals surface area contributed by atoms with E-state index >= 15 is 0 Å². The molecule has 8 nitrogen and oxygen atoms in total. The molecule has 1 saturated heterocycles. The predicted octanol–water partition coefficient (Wildman–Crippen LogP) is 5.62. The summed E-state index contributed by atoms with van der Waals surface area (Å²) < 4.78 is 20.7. The summed E-state index contributed by atoms with van der Waals surface area (Å²) in [5.74, 6) is 1.47. The third-order valence-electron chi connectivity index (χ3n) is 6.87. The number of halogens is 1. The van der Waals surface area contributed by atoms with E-state index in [9.17, 15) is 4.39 Å². The fraction of sp³-hybridized carbons (Fsp3) is 0.300. The van der Waals surface area contributed by atoms with Crippen LogP contribution < -0.4 is 15.0 Å². The zero-order valence-corrected chi connectivity index (χ0v) is 22.0. The highest BCUT2D eigenvalue weighted by atomic mass is 19.1. The van der Waals surface area contributed by atoms with Gasteiger partial charge in [-0.25, -0.2) is 24.3 Å². The fourth-order valence-electron chi connectivity index (χ4n) is 4.80. The lowest BCUT2D eigenvalue weighted by atomic mass is 9.98. The van der Waals surface area contributed by atoms with Gasteiger partial charge in [0.2, 0.25) is 0 Å². The van der Waals surface area contributed by atoms with Crippen molar-refractivity contribution in [1.29, 1.82) is 5.26 Å². The van der Waals surface area contributed by atoms with Gasteiger partial charge in [0.15, 0.2) is 11.6 Å². The highest BCUT2D eigenvalue weighted by Gasteiger charge is 2.24. The molecule has 0 spiro atoms. The lowest BCUT2D eigenvalue weighted by Gasteiger charge is -2.34. The summed E-state index contributed by atoms with van der Waals surface area (Å²) >= 11 is 0. The van der Waals surface area contributed by atoms with Crippen molar-refractivity contribution >= 4 is 5.82 Å². The minimum absolute atomic E-state index is 0.126. The van der Waals surface area contributed by atoms with Gasteiger partial charge in [-0.05, 0) is 54.7 Å². The van der Waals surface area contributed by atoms with Crippen molar-refractivity contribution in [3.8, 4) is 28.7 Å². The first kappa shape index (κ1) is 26.2. The molecule has 9 heteroatoms. The Balaban J connectivity index is 1.30. The number of anilines is 1. The van der Waals surface area contributed by atoms with Crippen LogP contribution in [0.4, 0.5) is 10.2 Å². The highest BCUT2D eigenvalue weighted by Crippen LogP contribution is 2.39. The standard InChI is InChI=1S/C30H30FN7O/c1-20(2)29-26(16-33-18-36-29)25-13-23(31)7-8-27(25)39-28-17-34-19-37-30(28)38-11-9-24(10-12-38)35-15-22-5-3-21(14-32)4-6-22/h3-8,13,16-20,24,35H,9-12,15H2,1-2H3. The Kier molecular flexibility index (Phi) is 8.04. The van der Waals surface area contributed by atoms with Crippen molar-refractivity contribution in [1.82, 2.24) is 25.3 Å². The molecule has 0 aliphatic carbocycles. The molecule has 0 atom stereocenters. The van der Waals surface area contributed by atoms with E-state index in [1.165, 1.54) is 24.8 Å². The molecule has 3 heterocycles. The molecule has 1 N–H and O–H groups in total. The largest absolute Gasteiger partial charge is 0.451 e. The van der Waals surface area contributed by atoms with Crippen LogP contribution in [0.3, 0.4) is 0 Å². The number of benzene rings is 2. The summed E-state index contributed by atoms with van der Waals surface area (Å²) in [6.45, 7) is 6.44. The maximum atomic E-state index is 14.4. The predicted molar refractivity (Wildman–Crippen MR) is 147 cm³/mol. The Hall–Kier alpha value is -4.42. The molecule has 1 aliphatic rings.